The number of carbonyl (C=O) groups is 1. The summed E-state index contributed by atoms with van der Waals surface area (Å²) in [4.78, 5) is 10.5. The van der Waals surface area contributed by atoms with Crippen LogP contribution in [0.4, 0.5) is 0 Å². The zero-order valence-corrected chi connectivity index (χ0v) is 11.0. The van der Waals surface area contributed by atoms with E-state index in [9.17, 15) is 4.79 Å². The Morgan fingerprint density at radius 3 is 2.94 bits per heavy atom. The van der Waals surface area contributed by atoms with E-state index in [-0.39, 0.29) is 12.2 Å². The first-order valence-electron chi connectivity index (χ1n) is 6.94. The fraction of sp³-hybridized carbons (Fsp3) is 0.923. The van der Waals surface area contributed by atoms with Gasteiger partial charge in [-0.15, -0.1) is 0 Å². The molecule has 18 heavy (non-hydrogen) atoms. The first kappa shape index (κ1) is 13.8. The fourth-order valence-electron chi connectivity index (χ4n) is 3.08. The monoisotopic (exact) mass is 256 g/mol. The van der Waals surface area contributed by atoms with Gasteiger partial charge in [0.1, 0.15) is 6.61 Å². The van der Waals surface area contributed by atoms with Gasteiger partial charge >= 0.3 is 0 Å². The third-order valence-corrected chi connectivity index (χ3v) is 3.93. The molecule has 1 atom stereocenters. The van der Waals surface area contributed by atoms with Crippen LogP contribution in [0.15, 0.2) is 0 Å². The number of amides is 1. The molecule has 1 amide bonds. The van der Waals surface area contributed by atoms with Crippen LogP contribution in [0.5, 0.6) is 0 Å². The Morgan fingerprint density at radius 2 is 2.22 bits per heavy atom. The second-order valence-corrected chi connectivity index (χ2v) is 5.40. The molecule has 104 valence electrons. The number of nitrogens with two attached hydrogens (primary N) is 1. The summed E-state index contributed by atoms with van der Waals surface area (Å²) < 4.78 is 11.1. The molecule has 2 aliphatic rings. The lowest BCUT2D eigenvalue weighted by Crippen LogP contribution is -2.46. The summed E-state index contributed by atoms with van der Waals surface area (Å²) in [7, 11) is 0. The van der Waals surface area contributed by atoms with Gasteiger partial charge in [0.15, 0.2) is 0 Å². The van der Waals surface area contributed by atoms with Crippen molar-refractivity contribution in [3.8, 4) is 0 Å². The number of rotatable bonds is 6. The molecule has 0 radical (unpaired) electrons. The van der Waals surface area contributed by atoms with Gasteiger partial charge in [0.2, 0.25) is 5.91 Å². The number of ether oxygens (including phenoxy) is 2. The Hall–Kier alpha value is -0.650. The highest BCUT2D eigenvalue weighted by molar-refractivity contribution is 5.74. The van der Waals surface area contributed by atoms with Crippen LogP contribution in [0, 0.1) is 0 Å². The van der Waals surface area contributed by atoms with E-state index < -0.39 is 5.91 Å². The SMILES string of the molecule is NC(=O)COCCNC1CCOC2(CCCC2)C1. The van der Waals surface area contributed by atoms with Crippen molar-refractivity contribution in [1.82, 2.24) is 5.32 Å². The number of carbonyl (C=O) groups excluding carboxylic acids is 1. The average molecular weight is 256 g/mol. The first-order chi connectivity index (χ1) is 8.70. The molecular weight excluding hydrogens is 232 g/mol. The van der Waals surface area contributed by atoms with Gasteiger partial charge in [-0.25, -0.2) is 0 Å². The van der Waals surface area contributed by atoms with Crippen molar-refractivity contribution < 1.29 is 14.3 Å². The zero-order chi connectivity index (χ0) is 12.8. The van der Waals surface area contributed by atoms with E-state index in [0.29, 0.717) is 12.6 Å². The standard InChI is InChI=1S/C13H24N2O3/c14-12(16)10-17-8-6-15-11-3-7-18-13(9-11)4-1-2-5-13/h11,15H,1-10H2,(H2,14,16). The molecule has 1 saturated heterocycles. The van der Waals surface area contributed by atoms with Gasteiger partial charge in [0, 0.05) is 19.2 Å². The van der Waals surface area contributed by atoms with Crippen LogP contribution in [0.1, 0.15) is 38.5 Å². The molecule has 0 aromatic rings. The lowest BCUT2D eigenvalue weighted by molar-refractivity contribution is -0.122. The van der Waals surface area contributed by atoms with Crippen molar-refractivity contribution in [3.05, 3.63) is 0 Å². The van der Waals surface area contributed by atoms with Gasteiger partial charge in [-0.2, -0.15) is 0 Å². The maximum atomic E-state index is 10.5. The fourth-order valence-corrected chi connectivity index (χ4v) is 3.08. The van der Waals surface area contributed by atoms with E-state index in [4.69, 9.17) is 15.2 Å². The van der Waals surface area contributed by atoms with E-state index in [1.54, 1.807) is 0 Å². The summed E-state index contributed by atoms with van der Waals surface area (Å²) in [6.07, 6.45) is 7.20. The van der Waals surface area contributed by atoms with Gasteiger partial charge in [-0.05, 0) is 25.7 Å². The molecule has 0 aromatic heterocycles. The third kappa shape index (κ3) is 3.93. The summed E-state index contributed by atoms with van der Waals surface area (Å²) in [5.41, 5.74) is 5.15. The minimum Gasteiger partial charge on any atom is -0.375 e. The van der Waals surface area contributed by atoms with Crippen LogP contribution in [-0.4, -0.2) is 43.9 Å². The summed E-state index contributed by atoms with van der Waals surface area (Å²) in [5, 5.41) is 3.49. The summed E-state index contributed by atoms with van der Waals surface area (Å²) in [6, 6.07) is 0.522. The van der Waals surface area contributed by atoms with Gasteiger partial charge in [0.25, 0.3) is 0 Å². The number of hydrogen-bond donors (Lipinski definition) is 2. The molecule has 5 nitrogen and oxygen atoms in total. The highest BCUT2D eigenvalue weighted by Crippen LogP contribution is 2.39. The van der Waals surface area contributed by atoms with Crippen LogP contribution >= 0.6 is 0 Å². The highest BCUT2D eigenvalue weighted by atomic mass is 16.5. The van der Waals surface area contributed by atoms with E-state index >= 15 is 0 Å². The Morgan fingerprint density at radius 1 is 1.44 bits per heavy atom. The summed E-state index contributed by atoms with van der Waals surface area (Å²) in [5.74, 6) is -0.411. The van der Waals surface area contributed by atoms with Crippen molar-refractivity contribution in [2.24, 2.45) is 5.73 Å². The molecule has 2 fully saturated rings. The van der Waals surface area contributed by atoms with Crippen LogP contribution in [-0.2, 0) is 14.3 Å². The van der Waals surface area contributed by atoms with Crippen molar-refractivity contribution in [2.45, 2.75) is 50.2 Å². The van der Waals surface area contributed by atoms with E-state index in [1.807, 2.05) is 0 Å². The van der Waals surface area contributed by atoms with Crippen LogP contribution < -0.4 is 11.1 Å². The Labute approximate surface area is 108 Å². The molecule has 1 spiro atoms. The van der Waals surface area contributed by atoms with E-state index in [1.165, 1.54) is 25.7 Å². The zero-order valence-electron chi connectivity index (χ0n) is 11.0. The Kier molecular flexibility index (Phi) is 4.97. The molecule has 1 heterocycles. The van der Waals surface area contributed by atoms with Crippen LogP contribution in [0.3, 0.4) is 0 Å². The van der Waals surface area contributed by atoms with E-state index in [0.717, 1.165) is 26.0 Å². The first-order valence-corrected chi connectivity index (χ1v) is 6.94. The van der Waals surface area contributed by atoms with E-state index in [2.05, 4.69) is 5.32 Å². The quantitative estimate of drug-likeness (QED) is 0.681. The summed E-state index contributed by atoms with van der Waals surface area (Å²) >= 11 is 0. The van der Waals surface area contributed by atoms with Gasteiger partial charge < -0.3 is 20.5 Å². The molecule has 5 heteroatoms. The van der Waals surface area contributed by atoms with Crippen molar-refractivity contribution in [3.63, 3.8) is 0 Å². The normalized spacial score (nSPS) is 26.6. The molecule has 0 bridgehead atoms. The Bertz CT molecular complexity index is 277. The smallest absolute Gasteiger partial charge is 0.243 e. The highest BCUT2D eigenvalue weighted by Gasteiger charge is 2.39. The topological polar surface area (TPSA) is 73.6 Å². The lowest BCUT2D eigenvalue weighted by atomic mass is 9.89. The molecule has 1 aliphatic heterocycles. The molecule has 0 aromatic carbocycles. The molecular formula is C13H24N2O3. The van der Waals surface area contributed by atoms with Gasteiger partial charge in [-0.1, -0.05) is 12.8 Å². The molecule has 3 N–H and O–H groups in total. The maximum absolute atomic E-state index is 10.5. The maximum Gasteiger partial charge on any atom is 0.243 e. The Balaban J connectivity index is 1.62. The summed E-state index contributed by atoms with van der Waals surface area (Å²) in [6.45, 7) is 2.18. The van der Waals surface area contributed by atoms with Crippen molar-refractivity contribution >= 4 is 5.91 Å². The molecule has 1 unspecified atom stereocenters. The number of hydrogen-bond acceptors (Lipinski definition) is 4. The van der Waals surface area contributed by atoms with Crippen LogP contribution in [0.2, 0.25) is 0 Å². The van der Waals surface area contributed by atoms with Crippen LogP contribution in [0.25, 0.3) is 0 Å². The molecule has 2 rings (SSSR count). The third-order valence-electron chi connectivity index (χ3n) is 3.93. The van der Waals surface area contributed by atoms with Crippen molar-refractivity contribution in [2.75, 3.05) is 26.4 Å². The number of primary amides is 1. The van der Waals surface area contributed by atoms with Crippen molar-refractivity contribution in [1.29, 1.82) is 0 Å². The molecule has 1 aliphatic carbocycles. The van der Waals surface area contributed by atoms with Gasteiger partial charge in [0.05, 0.1) is 12.2 Å². The lowest BCUT2D eigenvalue weighted by Gasteiger charge is -2.38. The number of nitrogens with one attached hydrogen (secondary N) is 1. The minimum absolute atomic E-state index is 0.0133. The second-order valence-electron chi connectivity index (χ2n) is 5.40. The second kappa shape index (κ2) is 6.50. The van der Waals surface area contributed by atoms with Gasteiger partial charge in [-0.3, -0.25) is 4.79 Å². The molecule has 1 saturated carbocycles. The predicted molar refractivity (Wildman–Crippen MR) is 68.2 cm³/mol. The largest absolute Gasteiger partial charge is 0.375 e. The minimum atomic E-state index is -0.411. The average Bonchev–Trinajstić information content (AvgIpc) is 2.76. The predicted octanol–water partition coefficient (Wildman–Crippen LogP) is 0.570.